The Bertz CT molecular complexity index is 588. The molecule has 0 aliphatic heterocycles. The summed E-state index contributed by atoms with van der Waals surface area (Å²) in [7, 11) is 0. The van der Waals surface area contributed by atoms with Gasteiger partial charge in [-0.15, -0.1) is 0 Å². The van der Waals surface area contributed by atoms with Crippen LogP contribution in [0.15, 0.2) is 30.3 Å². The van der Waals surface area contributed by atoms with Gasteiger partial charge in [0.1, 0.15) is 6.61 Å². The largest absolute Gasteiger partial charge is 0.480 e. The van der Waals surface area contributed by atoms with Gasteiger partial charge >= 0.3 is 12.1 Å². The molecule has 1 aromatic rings. The Kier molecular flexibility index (Phi) is 5.91. The highest BCUT2D eigenvalue weighted by molar-refractivity contribution is 5.70. The highest BCUT2D eigenvalue weighted by atomic mass is 16.6. The summed E-state index contributed by atoms with van der Waals surface area (Å²) in [5.41, 5.74) is 0.968. The van der Waals surface area contributed by atoms with Gasteiger partial charge in [-0.1, -0.05) is 43.2 Å². The van der Waals surface area contributed by atoms with Crippen LogP contribution in [0, 0.1) is 0 Å². The van der Waals surface area contributed by atoms with E-state index in [1.54, 1.807) is 0 Å². The number of ether oxygens (including phenoxy) is 1. The Hall–Kier alpha value is -2.08. The van der Waals surface area contributed by atoms with Gasteiger partial charge in [0.15, 0.2) is 0 Å². The minimum absolute atomic E-state index is 0.0175. The SMILES string of the molecule is O=C(O)CN[C@@H]1CCCC[C@@H]1N(C(=O)OCc1ccccc1)C1CC1. The second kappa shape index (κ2) is 8.34. The molecule has 2 fully saturated rings. The molecule has 2 aliphatic rings. The summed E-state index contributed by atoms with van der Waals surface area (Å²) in [4.78, 5) is 25.5. The molecule has 2 aliphatic carbocycles. The molecule has 0 aromatic heterocycles. The van der Waals surface area contributed by atoms with E-state index in [0.717, 1.165) is 44.1 Å². The Morgan fingerprint density at radius 1 is 1.12 bits per heavy atom. The predicted molar refractivity (Wildman–Crippen MR) is 93.2 cm³/mol. The molecule has 1 amide bonds. The zero-order chi connectivity index (χ0) is 17.6. The van der Waals surface area contributed by atoms with Crippen molar-refractivity contribution in [2.24, 2.45) is 0 Å². The predicted octanol–water partition coefficient (Wildman–Crippen LogP) is 2.77. The number of nitrogens with zero attached hydrogens (tertiary/aromatic N) is 1. The average Bonchev–Trinajstić information content (AvgIpc) is 3.45. The third kappa shape index (κ3) is 4.95. The van der Waals surface area contributed by atoms with E-state index < -0.39 is 5.97 Å². The Morgan fingerprint density at radius 3 is 2.52 bits per heavy atom. The number of carbonyl (C=O) groups is 2. The van der Waals surface area contributed by atoms with Crippen molar-refractivity contribution in [3.8, 4) is 0 Å². The Morgan fingerprint density at radius 2 is 1.84 bits per heavy atom. The van der Waals surface area contributed by atoms with Gasteiger partial charge in [0.05, 0.1) is 12.6 Å². The number of hydrogen-bond acceptors (Lipinski definition) is 4. The van der Waals surface area contributed by atoms with Crippen LogP contribution in [0.5, 0.6) is 0 Å². The average molecular weight is 346 g/mol. The molecule has 2 atom stereocenters. The first-order chi connectivity index (χ1) is 12.1. The molecule has 25 heavy (non-hydrogen) atoms. The molecule has 1 aromatic carbocycles. The number of hydrogen-bond donors (Lipinski definition) is 2. The van der Waals surface area contributed by atoms with Gasteiger partial charge in [-0.25, -0.2) is 4.79 Å². The summed E-state index contributed by atoms with van der Waals surface area (Å²) >= 11 is 0. The number of carbonyl (C=O) groups excluding carboxylic acids is 1. The van der Waals surface area contributed by atoms with Crippen molar-refractivity contribution >= 4 is 12.1 Å². The van der Waals surface area contributed by atoms with Crippen molar-refractivity contribution in [3.63, 3.8) is 0 Å². The number of nitrogens with one attached hydrogen (secondary N) is 1. The topological polar surface area (TPSA) is 78.9 Å². The summed E-state index contributed by atoms with van der Waals surface area (Å²) < 4.78 is 5.56. The molecular weight excluding hydrogens is 320 g/mol. The smallest absolute Gasteiger partial charge is 0.410 e. The summed E-state index contributed by atoms with van der Waals surface area (Å²) in [6, 6.07) is 9.94. The van der Waals surface area contributed by atoms with E-state index in [0.29, 0.717) is 0 Å². The van der Waals surface area contributed by atoms with Gasteiger partial charge in [-0.05, 0) is 31.2 Å². The molecule has 0 saturated heterocycles. The molecule has 2 N–H and O–H groups in total. The monoisotopic (exact) mass is 346 g/mol. The van der Waals surface area contributed by atoms with E-state index in [1.165, 1.54) is 0 Å². The lowest BCUT2D eigenvalue weighted by Crippen LogP contribution is -2.55. The van der Waals surface area contributed by atoms with Gasteiger partial charge in [0.25, 0.3) is 0 Å². The van der Waals surface area contributed by atoms with E-state index in [4.69, 9.17) is 9.84 Å². The van der Waals surface area contributed by atoms with Crippen molar-refractivity contribution < 1.29 is 19.4 Å². The summed E-state index contributed by atoms with van der Waals surface area (Å²) in [6.07, 6.45) is 5.64. The number of rotatable bonds is 7. The van der Waals surface area contributed by atoms with Crippen molar-refractivity contribution in [2.75, 3.05) is 6.54 Å². The maximum Gasteiger partial charge on any atom is 0.410 e. The first-order valence-corrected chi connectivity index (χ1v) is 9.09. The summed E-state index contributed by atoms with van der Waals surface area (Å²) in [5.74, 6) is -0.867. The Labute approximate surface area is 148 Å². The molecule has 2 saturated carbocycles. The second-order valence-electron chi connectivity index (χ2n) is 6.91. The van der Waals surface area contributed by atoms with Gasteiger partial charge < -0.3 is 20.1 Å². The van der Waals surface area contributed by atoms with E-state index in [9.17, 15) is 9.59 Å². The number of benzene rings is 1. The van der Waals surface area contributed by atoms with E-state index in [1.807, 2.05) is 35.2 Å². The molecule has 6 heteroatoms. The lowest BCUT2D eigenvalue weighted by molar-refractivity contribution is -0.136. The van der Waals surface area contributed by atoms with Crippen molar-refractivity contribution in [3.05, 3.63) is 35.9 Å². The quantitative estimate of drug-likeness (QED) is 0.794. The fourth-order valence-corrected chi connectivity index (χ4v) is 3.60. The lowest BCUT2D eigenvalue weighted by Gasteiger charge is -2.39. The highest BCUT2D eigenvalue weighted by Crippen LogP contribution is 2.34. The fourth-order valence-electron chi connectivity index (χ4n) is 3.60. The van der Waals surface area contributed by atoms with Gasteiger partial charge in [-0.3, -0.25) is 4.79 Å². The molecule has 0 spiro atoms. The van der Waals surface area contributed by atoms with Crippen LogP contribution in [-0.4, -0.2) is 46.7 Å². The summed E-state index contributed by atoms with van der Waals surface area (Å²) in [6.45, 7) is 0.196. The van der Waals surface area contributed by atoms with E-state index >= 15 is 0 Å². The number of amides is 1. The molecule has 0 bridgehead atoms. The first kappa shape index (κ1) is 17.7. The standard InChI is InChI=1S/C19H26N2O4/c22-18(23)12-20-16-8-4-5-9-17(16)21(15-10-11-15)19(24)25-13-14-6-2-1-3-7-14/h1-3,6-7,15-17,20H,4-5,8-13H2,(H,22,23)/t16-,17+/m1/s1. The van der Waals surface area contributed by atoms with Gasteiger partial charge in [0.2, 0.25) is 0 Å². The zero-order valence-electron chi connectivity index (χ0n) is 14.4. The second-order valence-corrected chi connectivity index (χ2v) is 6.91. The normalized spacial score (nSPS) is 23.0. The Balaban J connectivity index is 1.64. The van der Waals surface area contributed by atoms with E-state index in [-0.39, 0.29) is 37.4 Å². The van der Waals surface area contributed by atoms with Gasteiger partial charge in [0, 0.05) is 12.1 Å². The van der Waals surface area contributed by atoms with Crippen molar-refractivity contribution in [2.45, 2.75) is 63.3 Å². The highest BCUT2D eigenvalue weighted by Gasteiger charge is 2.42. The van der Waals surface area contributed by atoms with Crippen LogP contribution < -0.4 is 5.32 Å². The zero-order valence-corrected chi connectivity index (χ0v) is 14.4. The molecule has 136 valence electrons. The van der Waals surface area contributed by atoms with Crippen LogP contribution in [0.4, 0.5) is 4.79 Å². The van der Waals surface area contributed by atoms with Crippen LogP contribution in [0.25, 0.3) is 0 Å². The molecule has 0 radical (unpaired) electrons. The third-order valence-corrected chi connectivity index (χ3v) is 4.96. The van der Waals surface area contributed by atoms with Crippen LogP contribution in [0.1, 0.15) is 44.1 Å². The van der Waals surface area contributed by atoms with Crippen LogP contribution in [0.2, 0.25) is 0 Å². The minimum atomic E-state index is -0.867. The molecular formula is C19H26N2O4. The van der Waals surface area contributed by atoms with Crippen molar-refractivity contribution in [1.29, 1.82) is 0 Å². The lowest BCUT2D eigenvalue weighted by atomic mass is 9.89. The van der Waals surface area contributed by atoms with Crippen LogP contribution >= 0.6 is 0 Å². The first-order valence-electron chi connectivity index (χ1n) is 9.09. The van der Waals surface area contributed by atoms with Crippen molar-refractivity contribution in [1.82, 2.24) is 10.2 Å². The maximum atomic E-state index is 12.7. The summed E-state index contributed by atoms with van der Waals surface area (Å²) in [5, 5.41) is 12.1. The molecule has 3 rings (SSSR count). The maximum absolute atomic E-state index is 12.7. The molecule has 6 nitrogen and oxygen atoms in total. The minimum Gasteiger partial charge on any atom is -0.480 e. The molecule has 0 unspecified atom stereocenters. The number of aliphatic carboxylic acids is 1. The number of carboxylic acid groups (broad SMARTS) is 1. The fraction of sp³-hybridized carbons (Fsp3) is 0.579. The van der Waals surface area contributed by atoms with Crippen LogP contribution in [-0.2, 0) is 16.1 Å². The third-order valence-electron chi connectivity index (χ3n) is 4.96. The van der Waals surface area contributed by atoms with Gasteiger partial charge in [-0.2, -0.15) is 0 Å². The number of carboxylic acids is 1. The van der Waals surface area contributed by atoms with Crippen LogP contribution in [0.3, 0.4) is 0 Å². The van der Waals surface area contributed by atoms with E-state index in [2.05, 4.69) is 5.32 Å². The molecule has 0 heterocycles.